The van der Waals surface area contributed by atoms with Crippen molar-refractivity contribution in [1.29, 1.82) is 0 Å². The van der Waals surface area contributed by atoms with E-state index in [1.54, 1.807) is 0 Å². The number of aromatic nitrogens is 2. The number of nitrogens with two attached hydrogens (primary N) is 1. The molecule has 2 amide bonds. The van der Waals surface area contributed by atoms with Crippen LogP contribution in [0.4, 0.5) is 0 Å². The Hall–Kier alpha value is -3.52. The van der Waals surface area contributed by atoms with E-state index < -0.39 is 17.1 Å². The summed E-state index contributed by atoms with van der Waals surface area (Å²) in [7, 11) is 0. The second-order valence-corrected chi connectivity index (χ2v) is 11.2. The summed E-state index contributed by atoms with van der Waals surface area (Å²) >= 11 is 0. The van der Waals surface area contributed by atoms with E-state index in [9.17, 15) is 9.59 Å². The summed E-state index contributed by atoms with van der Waals surface area (Å²) in [6.07, 6.45) is 5.38. The lowest BCUT2D eigenvalue weighted by Crippen LogP contribution is -2.54. The molecule has 1 unspecified atom stereocenters. The lowest BCUT2D eigenvalue weighted by Gasteiger charge is -2.31. The molecule has 0 bridgehead atoms. The van der Waals surface area contributed by atoms with Gasteiger partial charge in [0.25, 0.3) is 0 Å². The normalized spacial score (nSPS) is 21.8. The molecule has 1 saturated carbocycles. The van der Waals surface area contributed by atoms with Crippen molar-refractivity contribution in [2.45, 2.75) is 75.9 Å². The van der Waals surface area contributed by atoms with Gasteiger partial charge in [0.1, 0.15) is 11.6 Å². The molecule has 1 aliphatic heterocycles. The minimum absolute atomic E-state index is 0.0581. The number of hydrogen-bond donors (Lipinski definition) is 2. The first-order valence-corrected chi connectivity index (χ1v) is 13.6. The number of nitrogens with zero attached hydrogens (tertiary/aromatic N) is 3. The summed E-state index contributed by atoms with van der Waals surface area (Å²) in [6.45, 7) is 3.89. The largest absolute Gasteiger partial charge is 0.421 e. The molecule has 8 nitrogen and oxygen atoms in total. The molecule has 2 aliphatic rings. The third-order valence-electron chi connectivity index (χ3n) is 7.75. The number of likely N-dealkylation sites (tertiary alicyclic amines) is 1. The SMILES string of the molecule is CC(=O)NC1(CC2CC2)CCN([C@@H](CCc2ccccc2)c2nnc([C@](C)(N)Cc3ccccc3)o2)C1=O. The van der Waals surface area contributed by atoms with Crippen LogP contribution in [-0.4, -0.2) is 39.0 Å². The van der Waals surface area contributed by atoms with E-state index in [0.29, 0.717) is 49.9 Å². The third kappa shape index (κ3) is 5.80. The molecule has 1 aliphatic carbocycles. The van der Waals surface area contributed by atoms with Crippen LogP contribution in [0.25, 0.3) is 0 Å². The van der Waals surface area contributed by atoms with Gasteiger partial charge >= 0.3 is 0 Å². The highest BCUT2D eigenvalue weighted by molar-refractivity contribution is 5.93. The molecule has 3 N–H and O–H groups in total. The van der Waals surface area contributed by atoms with Gasteiger partial charge in [0.05, 0.1) is 5.54 Å². The van der Waals surface area contributed by atoms with Gasteiger partial charge in [-0.2, -0.15) is 0 Å². The van der Waals surface area contributed by atoms with E-state index in [2.05, 4.69) is 27.6 Å². The molecular weight excluding hydrogens is 478 g/mol. The van der Waals surface area contributed by atoms with Crippen molar-refractivity contribution in [1.82, 2.24) is 20.4 Å². The van der Waals surface area contributed by atoms with Gasteiger partial charge in [-0.3, -0.25) is 9.59 Å². The van der Waals surface area contributed by atoms with Gasteiger partial charge in [0.15, 0.2) is 0 Å². The van der Waals surface area contributed by atoms with E-state index in [4.69, 9.17) is 10.2 Å². The van der Waals surface area contributed by atoms with Crippen molar-refractivity contribution in [2.75, 3.05) is 6.54 Å². The molecule has 2 heterocycles. The fourth-order valence-electron chi connectivity index (χ4n) is 5.66. The monoisotopic (exact) mass is 515 g/mol. The Kier molecular flexibility index (Phi) is 7.34. The molecular formula is C30H37N5O3. The predicted molar refractivity (Wildman–Crippen MR) is 144 cm³/mol. The van der Waals surface area contributed by atoms with Gasteiger partial charge in [-0.15, -0.1) is 10.2 Å². The Labute approximate surface area is 224 Å². The van der Waals surface area contributed by atoms with Gasteiger partial charge < -0.3 is 20.4 Å². The molecule has 2 fully saturated rings. The Morgan fingerprint density at radius 1 is 1.13 bits per heavy atom. The molecule has 1 saturated heterocycles. The summed E-state index contributed by atoms with van der Waals surface area (Å²) in [5, 5.41) is 11.8. The van der Waals surface area contributed by atoms with Crippen molar-refractivity contribution in [3.05, 3.63) is 83.6 Å². The highest BCUT2D eigenvalue weighted by Crippen LogP contribution is 2.43. The average Bonchev–Trinajstić information content (AvgIpc) is 3.46. The Balaban J connectivity index is 1.42. The van der Waals surface area contributed by atoms with Gasteiger partial charge in [-0.25, -0.2) is 0 Å². The first-order valence-electron chi connectivity index (χ1n) is 13.6. The third-order valence-corrected chi connectivity index (χ3v) is 7.75. The van der Waals surface area contributed by atoms with E-state index >= 15 is 0 Å². The number of carbonyl (C=O) groups excluding carboxylic acids is 2. The smallest absolute Gasteiger partial charge is 0.249 e. The minimum atomic E-state index is -0.865. The molecule has 3 aromatic rings. The Morgan fingerprint density at radius 3 is 2.42 bits per heavy atom. The van der Waals surface area contributed by atoms with Gasteiger partial charge in [-0.1, -0.05) is 73.5 Å². The fourth-order valence-corrected chi connectivity index (χ4v) is 5.66. The van der Waals surface area contributed by atoms with Gasteiger partial charge in [0.2, 0.25) is 23.6 Å². The first-order chi connectivity index (χ1) is 18.3. The summed E-state index contributed by atoms with van der Waals surface area (Å²) in [6, 6.07) is 19.7. The summed E-state index contributed by atoms with van der Waals surface area (Å²) in [4.78, 5) is 28.0. The molecule has 200 valence electrons. The molecule has 2 aromatic carbocycles. The van der Waals surface area contributed by atoms with Crippen LogP contribution in [0.5, 0.6) is 0 Å². The van der Waals surface area contributed by atoms with E-state index in [0.717, 1.165) is 24.8 Å². The number of amides is 2. The Bertz CT molecular complexity index is 1260. The maximum Gasteiger partial charge on any atom is 0.249 e. The lowest BCUT2D eigenvalue weighted by atomic mass is 9.90. The summed E-state index contributed by atoms with van der Waals surface area (Å²) < 4.78 is 6.25. The molecule has 1 aromatic heterocycles. The van der Waals surface area contributed by atoms with Crippen LogP contribution >= 0.6 is 0 Å². The second kappa shape index (κ2) is 10.7. The van der Waals surface area contributed by atoms with Crippen LogP contribution in [0.2, 0.25) is 0 Å². The van der Waals surface area contributed by atoms with Crippen LogP contribution < -0.4 is 11.1 Å². The van der Waals surface area contributed by atoms with Crippen LogP contribution in [0, 0.1) is 5.92 Å². The zero-order valence-corrected chi connectivity index (χ0v) is 22.2. The quantitative estimate of drug-likeness (QED) is 0.398. The molecule has 8 heteroatoms. The number of aryl methyl sites for hydroxylation is 1. The summed E-state index contributed by atoms with van der Waals surface area (Å²) in [5.41, 5.74) is 7.18. The molecule has 0 spiro atoms. The number of nitrogens with one attached hydrogen (secondary N) is 1. The molecule has 38 heavy (non-hydrogen) atoms. The molecule has 3 atom stereocenters. The topological polar surface area (TPSA) is 114 Å². The van der Waals surface area contributed by atoms with Gasteiger partial charge in [-0.05, 0) is 56.1 Å². The molecule has 0 radical (unpaired) electrons. The first kappa shape index (κ1) is 26.1. The zero-order chi connectivity index (χ0) is 26.8. The minimum Gasteiger partial charge on any atom is -0.421 e. The summed E-state index contributed by atoms with van der Waals surface area (Å²) in [5.74, 6) is 0.983. The van der Waals surface area contributed by atoms with Gasteiger partial charge in [0, 0.05) is 13.5 Å². The van der Waals surface area contributed by atoms with Crippen molar-refractivity contribution in [3.63, 3.8) is 0 Å². The standard InChI is InChI=1S/C30H37N5O3/c1-21(36)32-30(20-24-13-14-24)17-18-35(28(30)37)25(16-15-22-9-5-3-6-10-22)26-33-34-27(38-26)29(2,31)19-23-11-7-4-8-12-23/h3-12,24-25H,13-20,31H2,1-2H3,(H,32,36)/t25-,29+,30?/m0/s1. The van der Waals surface area contributed by atoms with Crippen LogP contribution in [0.1, 0.15) is 74.9 Å². The van der Waals surface area contributed by atoms with Crippen molar-refractivity contribution in [2.24, 2.45) is 11.7 Å². The fraction of sp³-hybridized carbons (Fsp3) is 0.467. The second-order valence-electron chi connectivity index (χ2n) is 11.2. The average molecular weight is 516 g/mol. The van der Waals surface area contributed by atoms with E-state index in [1.807, 2.05) is 60.4 Å². The number of benzene rings is 2. The number of rotatable bonds is 11. The maximum absolute atomic E-state index is 14.0. The van der Waals surface area contributed by atoms with E-state index in [-0.39, 0.29) is 11.8 Å². The highest BCUT2D eigenvalue weighted by atomic mass is 16.4. The van der Waals surface area contributed by atoms with Crippen LogP contribution in [0.3, 0.4) is 0 Å². The van der Waals surface area contributed by atoms with Crippen LogP contribution in [0.15, 0.2) is 65.1 Å². The predicted octanol–water partition coefficient (Wildman–Crippen LogP) is 4.07. The van der Waals surface area contributed by atoms with Crippen molar-refractivity contribution < 1.29 is 14.0 Å². The molecule has 5 rings (SSSR count). The lowest BCUT2D eigenvalue weighted by molar-refractivity contribution is -0.139. The number of hydrogen-bond acceptors (Lipinski definition) is 6. The van der Waals surface area contributed by atoms with Crippen molar-refractivity contribution in [3.8, 4) is 0 Å². The van der Waals surface area contributed by atoms with Crippen LogP contribution in [-0.2, 0) is 28.0 Å². The maximum atomic E-state index is 14.0. The van der Waals surface area contributed by atoms with Crippen molar-refractivity contribution >= 4 is 11.8 Å². The van der Waals surface area contributed by atoms with E-state index in [1.165, 1.54) is 12.5 Å². The zero-order valence-electron chi connectivity index (χ0n) is 22.2. The highest BCUT2D eigenvalue weighted by Gasteiger charge is 2.52. The number of carbonyl (C=O) groups is 2. The Morgan fingerprint density at radius 2 is 1.79 bits per heavy atom.